The average molecular weight is 314 g/mol. The summed E-state index contributed by atoms with van der Waals surface area (Å²) in [7, 11) is -3.18. The van der Waals surface area contributed by atoms with E-state index < -0.39 is 10.0 Å². The van der Waals surface area contributed by atoms with Crippen molar-refractivity contribution in [1.29, 1.82) is 0 Å². The molecule has 1 aromatic carbocycles. The predicted molar refractivity (Wildman–Crippen MR) is 85.4 cm³/mol. The molecule has 0 radical (unpaired) electrons. The lowest BCUT2D eigenvalue weighted by atomic mass is 10.0. The Morgan fingerprint density at radius 2 is 2.05 bits per heavy atom. The van der Waals surface area contributed by atoms with Crippen molar-refractivity contribution in [2.45, 2.75) is 37.1 Å². The zero-order valence-electron chi connectivity index (χ0n) is 12.0. The lowest BCUT2D eigenvalue weighted by Gasteiger charge is -2.30. The molecule has 0 amide bonds. The molecule has 4 nitrogen and oxygen atoms in total. The van der Waals surface area contributed by atoms with Gasteiger partial charge in [0.2, 0.25) is 10.0 Å². The van der Waals surface area contributed by atoms with Gasteiger partial charge in [0.15, 0.2) is 0 Å². The number of rotatable bonds is 5. The Hall–Kier alpha value is -0.720. The number of sulfonamides is 1. The first-order valence-corrected chi connectivity index (χ1v) is 9.40. The molecule has 2 rings (SSSR count). The highest BCUT2D eigenvalue weighted by Gasteiger charge is 2.39. The normalized spacial score (nSPS) is 19.3. The van der Waals surface area contributed by atoms with Crippen LogP contribution in [0.25, 0.3) is 0 Å². The molecule has 0 aliphatic carbocycles. The number of nitrogens with two attached hydrogens (primary N) is 1. The molecule has 1 aliphatic rings. The fraction of sp³-hybridized carbons (Fsp3) is 0.571. The number of nitrogen functional groups attached to an aromatic ring is 1. The van der Waals surface area contributed by atoms with Gasteiger partial charge >= 0.3 is 0 Å². The van der Waals surface area contributed by atoms with E-state index in [0.29, 0.717) is 18.0 Å². The maximum absolute atomic E-state index is 12.4. The van der Waals surface area contributed by atoms with Crippen LogP contribution in [0.5, 0.6) is 0 Å². The highest BCUT2D eigenvalue weighted by Crippen LogP contribution is 2.32. The lowest BCUT2D eigenvalue weighted by Crippen LogP contribution is -2.44. The maximum Gasteiger partial charge on any atom is 0.215 e. The van der Waals surface area contributed by atoms with Gasteiger partial charge in [0.05, 0.1) is 5.75 Å². The standard InChI is InChI=1S/C14H22N2O2S2/c1-14(2)8-5-9-16(14)20(17,18)11-10-19-13-7-4-3-6-12(13)15/h3-4,6-7H,5,8-11,15H2,1-2H3. The van der Waals surface area contributed by atoms with Crippen LogP contribution in [0, 0.1) is 0 Å². The molecule has 0 saturated carbocycles. The summed E-state index contributed by atoms with van der Waals surface area (Å²) in [6.45, 7) is 4.65. The second-order valence-electron chi connectivity index (χ2n) is 5.69. The molecule has 1 heterocycles. The molecule has 0 aromatic heterocycles. The summed E-state index contributed by atoms with van der Waals surface area (Å²) in [5.74, 6) is 0.693. The SMILES string of the molecule is CC1(C)CCCN1S(=O)(=O)CCSc1ccccc1N. The van der Waals surface area contributed by atoms with Gasteiger partial charge in [-0.1, -0.05) is 12.1 Å². The number of para-hydroxylation sites is 1. The van der Waals surface area contributed by atoms with Gasteiger partial charge in [-0.25, -0.2) is 8.42 Å². The molecule has 112 valence electrons. The molecule has 6 heteroatoms. The molecule has 2 N–H and O–H groups in total. The average Bonchev–Trinajstić information content (AvgIpc) is 2.72. The van der Waals surface area contributed by atoms with Crippen LogP contribution in [0.3, 0.4) is 0 Å². The van der Waals surface area contributed by atoms with E-state index in [0.717, 1.165) is 17.7 Å². The third kappa shape index (κ3) is 3.48. The Labute approximate surface area is 125 Å². The molecule has 1 aromatic rings. The van der Waals surface area contributed by atoms with Crippen molar-refractivity contribution in [2.75, 3.05) is 23.8 Å². The minimum Gasteiger partial charge on any atom is -0.398 e. The maximum atomic E-state index is 12.4. The molecular formula is C14H22N2O2S2. The van der Waals surface area contributed by atoms with Gasteiger partial charge in [0, 0.05) is 28.4 Å². The van der Waals surface area contributed by atoms with Crippen LogP contribution in [-0.4, -0.2) is 36.3 Å². The monoisotopic (exact) mass is 314 g/mol. The third-order valence-electron chi connectivity index (χ3n) is 3.68. The first-order chi connectivity index (χ1) is 9.33. The van der Waals surface area contributed by atoms with Crippen molar-refractivity contribution in [3.63, 3.8) is 0 Å². The van der Waals surface area contributed by atoms with Crippen molar-refractivity contribution >= 4 is 27.5 Å². The van der Waals surface area contributed by atoms with E-state index in [9.17, 15) is 8.42 Å². The highest BCUT2D eigenvalue weighted by molar-refractivity contribution is 8.00. The van der Waals surface area contributed by atoms with Crippen LogP contribution in [0.15, 0.2) is 29.2 Å². The Balaban J connectivity index is 1.95. The van der Waals surface area contributed by atoms with Crippen LogP contribution in [-0.2, 0) is 10.0 Å². The second-order valence-corrected chi connectivity index (χ2v) is 8.84. The van der Waals surface area contributed by atoms with Crippen molar-refractivity contribution in [3.8, 4) is 0 Å². The van der Waals surface area contributed by atoms with Crippen molar-refractivity contribution in [1.82, 2.24) is 4.31 Å². The van der Waals surface area contributed by atoms with Crippen LogP contribution in [0.4, 0.5) is 5.69 Å². The zero-order valence-corrected chi connectivity index (χ0v) is 13.6. The minimum atomic E-state index is -3.18. The van der Waals surface area contributed by atoms with Gasteiger partial charge in [0.1, 0.15) is 0 Å². The molecule has 20 heavy (non-hydrogen) atoms. The Morgan fingerprint density at radius 3 is 2.65 bits per heavy atom. The first kappa shape index (κ1) is 15.7. The van der Waals surface area contributed by atoms with Crippen LogP contribution in [0.1, 0.15) is 26.7 Å². The largest absolute Gasteiger partial charge is 0.398 e. The van der Waals surface area contributed by atoms with E-state index in [4.69, 9.17) is 5.73 Å². The van der Waals surface area contributed by atoms with Gasteiger partial charge < -0.3 is 5.73 Å². The van der Waals surface area contributed by atoms with Gasteiger partial charge in [0.25, 0.3) is 0 Å². The van der Waals surface area contributed by atoms with Crippen LogP contribution >= 0.6 is 11.8 Å². The third-order valence-corrected chi connectivity index (χ3v) is 7.10. The molecule has 1 aliphatic heterocycles. The number of benzene rings is 1. The van der Waals surface area contributed by atoms with E-state index in [1.165, 1.54) is 11.8 Å². The Kier molecular flexibility index (Phi) is 4.66. The van der Waals surface area contributed by atoms with Crippen LogP contribution < -0.4 is 5.73 Å². The minimum absolute atomic E-state index is 0.162. The molecule has 1 saturated heterocycles. The fourth-order valence-corrected chi connectivity index (χ4v) is 5.85. The van der Waals surface area contributed by atoms with Gasteiger partial charge in [-0.3, -0.25) is 0 Å². The van der Waals surface area contributed by atoms with Crippen LogP contribution in [0.2, 0.25) is 0 Å². The van der Waals surface area contributed by atoms with E-state index in [1.54, 1.807) is 4.31 Å². The lowest BCUT2D eigenvalue weighted by molar-refractivity contribution is 0.292. The summed E-state index contributed by atoms with van der Waals surface area (Å²) in [5, 5.41) is 0. The summed E-state index contributed by atoms with van der Waals surface area (Å²) < 4.78 is 26.5. The predicted octanol–water partition coefficient (Wildman–Crippen LogP) is 2.57. The first-order valence-electron chi connectivity index (χ1n) is 6.81. The molecule has 0 unspecified atom stereocenters. The Bertz CT molecular complexity index is 570. The van der Waals surface area contributed by atoms with Gasteiger partial charge in [-0.15, -0.1) is 11.8 Å². The van der Waals surface area contributed by atoms with E-state index >= 15 is 0 Å². The van der Waals surface area contributed by atoms with E-state index in [2.05, 4.69) is 0 Å². The topological polar surface area (TPSA) is 63.4 Å². The van der Waals surface area contributed by atoms with Crippen molar-refractivity contribution in [2.24, 2.45) is 0 Å². The summed E-state index contributed by atoms with van der Waals surface area (Å²) in [4.78, 5) is 0.948. The molecule has 0 bridgehead atoms. The summed E-state index contributed by atoms with van der Waals surface area (Å²) in [6, 6.07) is 7.55. The number of hydrogen-bond acceptors (Lipinski definition) is 4. The fourth-order valence-electron chi connectivity index (χ4n) is 2.58. The molecular weight excluding hydrogens is 292 g/mol. The quantitative estimate of drug-likeness (QED) is 0.670. The summed E-state index contributed by atoms with van der Waals surface area (Å²) in [6.07, 6.45) is 1.88. The molecule has 0 atom stereocenters. The highest BCUT2D eigenvalue weighted by atomic mass is 32.2. The molecule has 1 fully saturated rings. The van der Waals surface area contributed by atoms with Gasteiger partial charge in [-0.05, 0) is 38.8 Å². The second kappa shape index (κ2) is 5.95. The van der Waals surface area contributed by atoms with E-state index in [1.807, 2.05) is 38.1 Å². The number of thioether (sulfide) groups is 1. The number of nitrogens with zero attached hydrogens (tertiary/aromatic N) is 1. The van der Waals surface area contributed by atoms with Crippen molar-refractivity contribution < 1.29 is 8.42 Å². The summed E-state index contributed by atoms with van der Waals surface area (Å²) >= 11 is 1.50. The smallest absolute Gasteiger partial charge is 0.215 e. The van der Waals surface area contributed by atoms with E-state index in [-0.39, 0.29) is 11.3 Å². The summed E-state index contributed by atoms with van der Waals surface area (Å²) in [5.41, 5.74) is 6.32. The molecule has 0 spiro atoms. The number of hydrogen-bond donors (Lipinski definition) is 1. The van der Waals surface area contributed by atoms with Crippen molar-refractivity contribution in [3.05, 3.63) is 24.3 Å². The zero-order chi connectivity index (χ0) is 14.8. The van der Waals surface area contributed by atoms with Gasteiger partial charge in [-0.2, -0.15) is 4.31 Å². The Morgan fingerprint density at radius 1 is 1.35 bits per heavy atom. The number of anilines is 1.